The minimum absolute atomic E-state index is 0.100. The Hall–Kier alpha value is -3.98. The highest BCUT2D eigenvalue weighted by atomic mass is 16.6. The summed E-state index contributed by atoms with van der Waals surface area (Å²) in [6, 6.07) is 14.8. The van der Waals surface area contributed by atoms with Crippen LogP contribution in [0.1, 0.15) is 74.2 Å². The van der Waals surface area contributed by atoms with Gasteiger partial charge >= 0.3 is 6.09 Å². The first-order valence-electron chi connectivity index (χ1n) is 17.3. The quantitative estimate of drug-likeness (QED) is 0.204. The van der Waals surface area contributed by atoms with Crippen molar-refractivity contribution in [1.82, 2.24) is 24.6 Å². The fraction of sp³-hybridized carbons (Fsp3) is 0.553. The van der Waals surface area contributed by atoms with Crippen LogP contribution in [-0.2, 0) is 27.1 Å². The van der Waals surface area contributed by atoms with Gasteiger partial charge in [-0.05, 0) is 95.8 Å². The molecule has 0 saturated carbocycles. The molecule has 10 nitrogen and oxygen atoms in total. The molecule has 3 aliphatic rings. The average Bonchev–Trinajstić information content (AvgIpc) is 3.62. The number of pyridine rings is 1. The highest BCUT2D eigenvalue weighted by Gasteiger charge is 2.47. The SMILES string of the molecule is COC(=C=O)C[C@H](CN1CC2(CCN(CCc3ccc4c(n3)N(C(=O)OC(C)(C)C)CCC4)C2)C1)c1cccc(-n2nc(C)cc2C)c1. The van der Waals surface area contributed by atoms with Crippen molar-refractivity contribution in [3.05, 3.63) is 76.4 Å². The van der Waals surface area contributed by atoms with Crippen LogP contribution in [0.2, 0.25) is 0 Å². The molecule has 5 heterocycles. The molecule has 0 N–H and O–H groups in total. The number of hydrogen-bond donors (Lipinski definition) is 0. The van der Waals surface area contributed by atoms with E-state index in [-0.39, 0.29) is 12.0 Å². The Labute approximate surface area is 284 Å². The highest BCUT2D eigenvalue weighted by molar-refractivity contribution is 5.88. The van der Waals surface area contributed by atoms with Crippen LogP contribution in [-0.4, -0.2) is 95.1 Å². The van der Waals surface area contributed by atoms with Gasteiger partial charge in [-0.2, -0.15) is 5.10 Å². The number of hydrogen-bond acceptors (Lipinski definition) is 8. The Morgan fingerprint density at radius 3 is 2.56 bits per heavy atom. The highest BCUT2D eigenvalue weighted by Crippen LogP contribution is 2.41. The van der Waals surface area contributed by atoms with Crippen molar-refractivity contribution in [3.63, 3.8) is 0 Å². The van der Waals surface area contributed by atoms with E-state index in [2.05, 4.69) is 64.3 Å². The number of benzene rings is 1. The topological polar surface area (TPSA) is 93.0 Å². The number of aromatic nitrogens is 3. The molecule has 3 aliphatic heterocycles. The predicted molar refractivity (Wildman–Crippen MR) is 186 cm³/mol. The van der Waals surface area contributed by atoms with Crippen molar-refractivity contribution in [2.75, 3.05) is 57.8 Å². The van der Waals surface area contributed by atoms with E-state index >= 15 is 0 Å². The zero-order valence-electron chi connectivity index (χ0n) is 29.4. The van der Waals surface area contributed by atoms with Crippen molar-refractivity contribution in [2.24, 2.45) is 5.41 Å². The zero-order chi connectivity index (χ0) is 34.1. The van der Waals surface area contributed by atoms with Gasteiger partial charge in [0.15, 0.2) is 11.7 Å². The van der Waals surface area contributed by atoms with E-state index in [4.69, 9.17) is 14.5 Å². The molecule has 48 heavy (non-hydrogen) atoms. The van der Waals surface area contributed by atoms with Crippen LogP contribution in [0.4, 0.5) is 10.6 Å². The predicted octanol–water partition coefficient (Wildman–Crippen LogP) is 5.66. The molecular formula is C38H50N6O4. The summed E-state index contributed by atoms with van der Waals surface area (Å²) in [5.41, 5.74) is 6.16. The van der Waals surface area contributed by atoms with Crippen molar-refractivity contribution >= 4 is 17.9 Å². The zero-order valence-corrected chi connectivity index (χ0v) is 29.4. The molecule has 1 aromatic carbocycles. The summed E-state index contributed by atoms with van der Waals surface area (Å²) in [5, 5.41) is 4.68. The Kier molecular flexibility index (Phi) is 9.79. The number of allylic oxidation sites excluding steroid dienone is 1. The molecule has 3 aromatic rings. The number of carbonyl (C=O) groups excluding carboxylic acids is 2. The van der Waals surface area contributed by atoms with Crippen molar-refractivity contribution < 1.29 is 19.1 Å². The third kappa shape index (κ3) is 7.67. The number of rotatable bonds is 10. The Bertz CT molecular complexity index is 1680. The number of nitrogens with zero attached hydrogens (tertiary/aromatic N) is 6. The summed E-state index contributed by atoms with van der Waals surface area (Å²) in [5.74, 6) is 3.22. The summed E-state index contributed by atoms with van der Waals surface area (Å²) in [6.07, 6.45) is 4.07. The molecule has 0 bridgehead atoms. The molecular weight excluding hydrogens is 604 g/mol. The van der Waals surface area contributed by atoms with Gasteiger partial charge in [0.1, 0.15) is 11.4 Å². The molecule has 0 unspecified atom stereocenters. The minimum Gasteiger partial charge on any atom is -0.490 e. The van der Waals surface area contributed by atoms with Crippen molar-refractivity contribution in [3.8, 4) is 5.69 Å². The summed E-state index contributed by atoms with van der Waals surface area (Å²) in [4.78, 5) is 36.3. The van der Waals surface area contributed by atoms with Crippen LogP contribution in [0, 0.1) is 19.3 Å². The average molecular weight is 655 g/mol. The second kappa shape index (κ2) is 13.9. The first-order valence-corrected chi connectivity index (χ1v) is 17.3. The van der Waals surface area contributed by atoms with E-state index < -0.39 is 5.60 Å². The van der Waals surface area contributed by atoms with E-state index in [0.717, 1.165) is 92.7 Å². The lowest BCUT2D eigenvalue weighted by atomic mass is 9.78. The maximum absolute atomic E-state index is 12.9. The smallest absolute Gasteiger partial charge is 0.416 e. The van der Waals surface area contributed by atoms with E-state index in [0.29, 0.717) is 24.1 Å². The molecule has 256 valence electrons. The molecule has 10 heteroatoms. The summed E-state index contributed by atoms with van der Waals surface area (Å²) in [6.45, 7) is 16.5. The monoisotopic (exact) mass is 654 g/mol. The van der Waals surface area contributed by atoms with Gasteiger partial charge in [-0.1, -0.05) is 18.2 Å². The number of likely N-dealkylation sites (tertiary alicyclic amines) is 2. The fourth-order valence-corrected chi connectivity index (χ4v) is 7.68. The van der Waals surface area contributed by atoms with Gasteiger partial charge in [-0.25, -0.2) is 19.3 Å². The normalized spacial score (nSPS) is 18.2. The van der Waals surface area contributed by atoms with Crippen LogP contribution in [0.3, 0.4) is 0 Å². The molecule has 1 amide bonds. The summed E-state index contributed by atoms with van der Waals surface area (Å²) in [7, 11) is 1.55. The maximum atomic E-state index is 12.9. The van der Waals surface area contributed by atoms with Crippen LogP contribution < -0.4 is 4.90 Å². The largest absolute Gasteiger partial charge is 0.490 e. The van der Waals surface area contributed by atoms with E-state index in [1.165, 1.54) is 12.0 Å². The number of aryl methyl sites for hydroxylation is 3. The van der Waals surface area contributed by atoms with Gasteiger partial charge in [0.05, 0.1) is 18.5 Å². The van der Waals surface area contributed by atoms with Crippen LogP contribution >= 0.6 is 0 Å². The van der Waals surface area contributed by atoms with Crippen LogP contribution in [0.15, 0.2) is 48.2 Å². The molecule has 2 aromatic heterocycles. The van der Waals surface area contributed by atoms with E-state index in [9.17, 15) is 9.59 Å². The number of carbonyl (C=O) groups is 1. The second-order valence-electron chi connectivity index (χ2n) is 15.0. The number of methoxy groups -OCH3 is 1. The van der Waals surface area contributed by atoms with Gasteiger partial charge in [0, 0.05) is 74.8 Å². The number of fused-ring (bicyclic) bond motifs is 1. The van der Waals surface area contributed by atoms with Gasteiger partial charge in [-0.3, -0.25) is 4.90 Å². The lowest BCUT2D eigenvalue weighted by Crippen LogP contribution is -2.58. The second-order valence-corrected chi connectivity index (χ2v) is 15.0. The molecule has 2 fully saturated rings. The first kappa shape index (κ1) is 33.9. The molecule has 1 spiro atoms. The molecule has 6 rings (SSSR count). The van der Waals surface area contributed by atoms with Gasteiger partial charge < -0.3 is 19.3 Å². The fourth-order valence-electron chi connectivity index (χ4n) is 7.68. The standard InChI is InChI=1S/C38H50N6O4/c1-27-19-28(2)44(40-27)33-11-7-9-30(20-33)31(21-34(23-45)47-6)22-42-25-38(26-42)15-18-41(24-38)17-14-32-13-12-29-10-8-16-43(35(29)39-32)36(46)48-37(3,4)5/h7,9,11-13,19-20,31H,8,10,14-18,21-22,24-26H2,1-6H3/t31-/m1/s1. The minimum atomic E-state index is -0.542. The van der Waals surface area contributed by atoms with Crippen LogP contribution in [0.5, 0.6) is 0 Å². The van der Waals surface area contributed by atoms with Crippen molar-refractivity contribution in [2.45, 2.75) is 78.2 Å². The third-order valence-corrected chi connectivity index (χ3v) is 9.90. The molecule has 0 radical (unpaired) electrons. The third-order valence-electron chi connectivity index (χ3n) is 9.90. The molecule has 2 saturated heterocycles. The van der Waals surface area contributed by atoms with E-state index in [1.807, 2.05) is 38.3 Å². The first-order chi connectivity index (χ1) is 22.9. The van der Waals surface area contributed by atoms with Gasteiger partial charge in [0.2, 0.25) is 0 Å². The van der Waals surface area contributed by atoms with Gasteiger partial charge in [-0.15, -0.1) is 0 Å². The maximum Gasteiger partial charge on any atom is 0.416 e. The Morgan fingerprint density at radius 1 is 1.06 bits per heavy atom. The Balaban J connectivity index is 1.06. The Morgan fingerprint density at radius 2 is 1.85 bits per heavy atom. The summed E-state index contributed by atoms with van der Waals surface area (Å²) >= 11 is 0. The number of ether oxygens (including phenoxy) is 2. The number of anilines is 1. The van der Waals surface area contributed by atoms with Gasteiger partial charge in [0.25, 0.3) is 0 Å². The molecule has 0 aliphatic carbocycles. The lowest BCUT2D eigenvalue weighted by Gasteiger charge is -2.49. The number of amides is 1. The lowest BCUT2D eigenvalue weighted by molar-refractivity contribution is 0.00347. The summed E-state index contributed by atoms with van der Waals surface area (Å²) < 4.78 is 13.0. The van der Waals surface area contributed by atoms with Crippen LogP contribution in [0.25, 0.3) is 5.69 Å². The van der Waals surface area contributed by atoms with E-state index in [1.54, 1.807) is 12.0 Å². The molecule has 1 atom stereocenters. The van der Waals surface area contributed by atoms with Crippen molar-refractivity contribution in [1.29, 1.82) is 0 Å².